The second-order valence-electron chi connectivity index (χ2n) is 2.56. The van der Waals surface area contributed by atoms with Gasteiger partial charge in [-0.25, -0.2) is 0 Å². The fraction of sp³-hybridized carbons (Fsp3) is 0.750. The lowest BCUT2D eigenvalue weighted by atomic mass is 10.1. The minimum atomic E-state index is -0.381. The summed E-state index contributed by atoms with van der Waals surface area (Å²) in [5.74, 6) is 0. The molecule has 0 aromatic heterocycles. The van der Waals surface area contributed by atoms with Gasteiger partial charge in [0.05, 0.1) is 18.8 Å². The molecule has 0 spiro atoms. The highest BCUT2D eigenvalue weighted by atomic mass is 16.5. The molecule has 0 heterocycles. The molecular weight excluding hydrogens is 128 g/mol. The van der Waals surface area contributed by atoms with Gasteiger partial charge in [0.2, 0.25) is 0 Å². The summed E-state index contributed by atoms with van der Waals surface area (Å²) < 4.78 is 5.31. The van der Waals surface area contributed by atoms with Crippen LogP contribution in [-0.2, 0) is 4.74 Å². The molecule has 0 saturated heterocycles. The molecule has 2 nitrogen and oxygen atoms in total. The minimum absolute atomic E-state index is 0.0668. The monoisotopic (exact) mass is 144 g/mol. The highest BCUT2D eigenvalue weighted by Gasteiger charge is 2.20. The molecule has 2 heteroatoms. The molecule has 0 aliphatic rings. The summed E-state index contributed by atoms with van der Waals surface area (Å²) >= 11 is 0. The second kappa shape index (κ2) is 4.47. The van der Waals surface area contributed by atoms with E-state index in [1.54, 1.807) is 6.08 Å². The van der Waals surface area contributed by atoms with E-state index in [1.165, 1.54) is 0 Å². The van der Waals surface area contributed by atoms with Gasteiger partial charge in [0.15, 0.2) is 0 Å². The Kier molecular flexibility index (Phi) is 4.32. The normalized spacial score (nSPS) is 16.3. The lowest BCUT2D eigenvalue weighted by Crippen LogP contribution is -2.32. The van der Waals surface area contributed by atoms with Gasteiger partial charge < -0.3 is 9.84 Å². The average Bonchev–Trinajstić information content (AvgIpc) is 2.00. The SMILES string of the molecule is C=CCOC(C)(CC)CO. The van der Waals surface area contributed by atoms with E-state index in [2.05, 4.69) is 6.58 Å². The summed E-state index contributed by atoms with van der Waals surface area (Å²) in [6.45, 7) is 7.97. The van der Waals surface area contributed by atoms with Crippen molar-refractivity contribution in [3.63, 3.8) is 0 Å². The third-order valence-electron chi connectivity index (χ3n) is 1.63. The van der Waals surface area contributed by atoms with E-state index >= 15 is 0 Å². The van der Waals surface area contributed by atoms with E-state index < -0.39 is 0 Å². The molecule has 10 heavy (non-hydrogen) atoms. The molecule has 0 aromatic rings. The predicted octanol–water partition coefficient (Wildman–Crippen LogP) is 1.35. The van der Waals surface area contributed by atoms with Gasteiger partial charge in [0, 0.05) is 0 Å². The highest BCUT2D eigenvalue weighted by Crippen LogP contribution is 2.13. The Bertz CT molecular complexity index is 95.4. The Labute approximate surface area is 62.5 Å². The van der Waals surface area contributed by atoms with Crippen molar-refractivity contribution in [3.05, 3.63) is 12.7 Å². The van der Waals surface area contributed by atoms with E-state index in [9.17, 15) is 0 Å². The van der Waals surface area contributed by atoms with Gasteiger partial charge in [-0.05, 0) is 13.3 Å². The maximum absolute atomic E-state index is 8.85. The highest BCUT2D eigenvalue weighted by molar-refractivity contribution is 4.75. The molecule has 60 valence electrons. The van der Waals surface area contributed by atoms with Crippen LogP contribution in [0.5, 0.6) is 0 Å². The zero-order valence-electron chi connectivity index (χ0n) is 6.76. The Morgan fingerprint density at radius 3 is 2.60 bits per heavy atom. The molecule has 0 bridgehead atoms. The molecule has 0 fully saturated rings. The molecule has 0 radical (unpaired) electrons. The fourth-order valence-electron chi connectivity index (χ4n) is 0.520. The van der Waals surface area contributed by atoms with Crippen LogP contribution in [0.25, 0.3) is 0 Å². The molecular formula is C8H16O2. The van der Waals surface area contributed by atoms with Crippen molar-refractivity contribution in [1.82, 2.24) is 0 Å². The molecule has 0 aromatic carbocycles. The van der Waals surface area contributed by atoms with Gasteiger partial charge >= 0.3 is 0 Å². The van der Waals surface area contributed by atoms with E-state index in [1.807, 2.05) is 13.8 Å². The number of aliphatic hydroxyl groups excluding tert-OH is 1. The molecule has 0 aliphatic heterocycles. The first-order valence-electron chi connectivity index (χ1n) is 3.54. The van der Waals surface area contributed by atoms with Gasteiger partial charge in [-0.2, -0.15) is 0 Å². The first kappa shape index (κ1) is 9.66. The van der Waals surface area contributed by atoms with Crippen LogP contribution < -0.4 is 0 Å². The maximum atomic E-state index is 8.85. The lowest BCUT2D eigenvalue weighted by molar-refractivity contribution is -0.0568. The number of ether oxygens (including phenoxy) is 1. The fourth-order valence-corrected chi connectivity index (χ4v) is 0.520. The second-order valence-corrected chi connectivity index (χ2v) is 2.56. The molecule has 1 atom stereocenters. The Morgan fingerprint density at radius 2 is 2.30 bits per heavy atom. The van der Waals surface area contributed by atoms with E-state index in [0.717, 1.165) is 6.42 Å². The molecule has 1 unspecified atom stereocenters. The molecule has 0 aliphatic carbocycles. The molecule has 0 amide bonds. The zero-order valence-corrected chi connectivity index (χ0v) is 6.76. The summed E-state index contributed by atoms with van der Waals surface area (Å²) in [5, 5.41) is 8.85. The first-order valence-corrected chi connectivity index (χ1v) is 3.54. The van der Waals surface area contributed by atoms with E-state index in [0.29, 0.717) is 6.61 Å². The van der Waals surface area contributed by atoms with Gasteiger partial charge in [0.25, 0.3) is 0 Å². The summed E-state index contributed by atoms with van der Waals surface area (Å²) in [4.78, 5) is 0. The standard InChI is InChI=1S/C8H16O2/c1-4-6-10-8(3,5-2)7-9/h4,9H,1,5-7H2,2-3H3. The van der Waals surface area contributed by atoms with Crippen LogP contribution in [0.3, 0.4) is 0 Å². The first-order chi connectivity index (χ1) is 4.68. The van der Waals surface area contributed by atoms with Crippen LogP contribution in [0.15, 0.2) is 12.7 Å². The van der Waals surface area contributed by atoms with Crippen molar-refractivity contribution in [1.29, 1.82) is 0 Å². The third-order valence-corrected chi connectivity index (χ3v) is 1.63. The number of rotatable bonds is 5. The molecule has 0 rings (SSSR count). The van der Waals surface area contributed by atoms with Gasteiger partial charge in [0.1, 0.15) is 0 Å². The Morgan fingerprint density at radius 1 is 1.70 bits per heavy atom. The maximum Gasteiger partial charge on any atom is 0.0885 e. The van der Waals surface area contributed by atoms with Gasteiger partial charge in [-0.1, -0.05) is 13.0 Å². The quantitative estimate of drug-likeness (QED) is 0.590. The van der Waals surface area contributed by atoms with Crippen LogP contribution in [0.1, 0.15) is 20.3 Å². The van der Waals surface area contributed by atoms with E-state index in [4.69, 9.17) is 9.84 Å². The van der Waals surface area contributed by atoms with Crippen molar-refractivity contribution in [3.8, 4) is 0 Å². The molecule has 1 N–H and O–H groups in total. The van der Waals surface area contributed by atoms with Crippen LogP contribution in [0.2, 0.25) is 0 Å². The summed E-state index contributed by atoms with van der Waals surface area (Å²) in [6, 6.07) is 0. The van der Waals surface area contributed by atoms with Crippen LogP contribution in [0, 0.1) is 0 Å². The Hall–Kier alpha value is -0.340. The molecule has 0 saturated carbocycles. The Balaban J connectivity index is 3.68. The number of hydrogen-bond acceptors (Lipinski definition) is 2. The topological polar surface area (TPSA) is 29.5 Å². The van der Waals surface area contributed by atoms with Crippen LogP contribution in [0.4, 0.5) is 0 Å². The number of hydrogen-bond donors (Lipinski definition) is 1. The van der Waals surface area contributed by atoms with Crippen LogP contribution in [-0.4, -0.2) is 23.9 Å². The van der Waals surface area contributed by atoms with Crippen molar-refractivity contribution in [2.45, 2.75) is 25.9 Å². The van der Waals surface area contributed by atoms with Crippen molar-refractivity contribution in [2.75, 3.05) is 13.2 Å². The number of aliphatic hydroxyl groups is 1. The predicted molar refractivity (Wildman–Crippen MR) is 41.9 cm³/mol. The third kappa shape index (κ3) is 2.99. The van der Waals surface area contributed by atoms with Gasteiger partial charge in [-0.15, -0.1) is 6.58 Å². The van der Waals surface area contributed by atoms with Crippen molar-refractivity contribution >= 4 is 0 Å². The van der Waals surface area contributed by atoms with Crippen molar-refractivity contribution in [2.24, 2.45) is 0 Å². The zero-order chi connectivity index (χ0) is 8.04. The van der Waals surface area contributed by atoms with E-state index in [-0.39, 0.29) is 12.2 Å². The largest absolute Gasteiger partial charge is 0.393 e. The lowest BCUT2D eigenvalue weighted by Gasteiger charge is -2.25. The minimum Gasteiger partial charge on any atom is -0.393 e. The average molecular weight is 144 g/mol. The smallest absolute Gasteiger partial charge is 0.0885 e. The summed E-state index contributed by atoms with van der Waals surface area (Å²) in [6.07, 6.45) is 2.50. The van der Waals surface area contributed by atoms with Crippen molar-refractivity contribution < 1.29 is 9.84 Å². The summed E-state index contributed by atoms with van der Waals surface area (Å²) in [5.41, 5.74) is -0.381. The summed E-state index contributed by atoms with van der Waals surface area (Å²) in [7, 11) is 0. The van der Waals surface area contributed by atoms with Crippen LogP contribution >= 0.6 is 0 Å². The van der Waals surface area contributed by atoms with Gasteiger partial charge in [-0.3, -0.25) is 0 Å².